The Morgan fingerprint density at radius 2 is 1.73 bits per heavy atom. The summed E-state index contributed by atoms with van der Waals surface area (Å²) in [5.41, 5.74) is 0.720. The largest absolute Gasteiger partial charge is 0.0654 e. The van der Waals surface area contributed by atoms with Crippen molar-refractivity contribution < 1.29 is 0 Å². The Labute approximate surface area is 96.8 Å². The molecule has 1 rings (SSSR count). The Hall–Kier alpha value is 0. The van der Waals surface area contributed by atoms with Gasteiger partial charge in [-0.1, -0.05) is 59.8 Å². The molecule has 1 fully saturated rings. The SMILES string of the molecule is CCCC(C)C1(CCC)CCC(C)CC1. The van der Waals surface area contributed by atoms with Gasteiger partial charge in [-0.25, -0.2) is 0 Å². The van der Waals surface area contributed by atoms with Crippen LogP contribution >= 0.6 is 0 Å². The quantitative estimate of drug-likeness (QED) is 0.568. The summed E-state index contributed by atoms with van der Waals surface area (Å²) < 4.78 is 0. The fourth-order valence-electron chi connectivity index (χ4n) is 3.56. The molecule has 0 aromatic carbocycles. The molecular weight excluding hydrogens is 180 g/mol. The summed E-state index contributed by atoms with van der Waals surface area (Å²) >= 11 is 0. The maximum Gasteiger partial charge on any atom is -0.0272 e. The van der Waals surface area contributed by atoms with Gasteiger partial charge in [-0.05, 0) is 36.5 Å². The molecule has 0 aromatic rings. The normalized spacial score (nSPS) is 34.0. The highest BCUT2D eigenvalue weighted by Crippen LogP contribution is 2.48. The van der Waals surface area contributed by atoms with Gasteiger partial charge in [0.25, 0.3) is 0 Å². The minimum absolute atomic E-state index is 0.720. The van der Waals surface area contributed by atoms with Gasteiger partial charge in [-0.15, -0.1) is 0 Å². The molecule has 0 spiro atoms. The second kappa shape index (κ2) is 5.92. The van der Waals surface area contributed by atoms with E-state index in [2.05, 4.69) is 27.7 Å². The highest BCUT2D eigenvalue weighted by Gasteiger charge is 2.37. The molecule has 0 saturated heterocycles. The van der Waals surface area contributed by atoms with Crippen LogP contribution in [0.15, 0.2) is 0 Å². The molecule has 0 amide bonds. The van der Waals surface area contributed by atoms with Crippen LogP contribution in [0.25, 0.3) is 0 Å². The van der Waals surface area contributed by atoms with Crippen molar-refractivity contribution in [3.8, 4) is 0 Å². The zero-order chi connectivity index (χ0) is 11.3. The standard InChI is InChI=1S/C15H30/c1-5-7-14(4)15(10-6-2)11-8-13(3)9-12-15/h13-14H,5-12H2,1-4H3. The molecule has 0 N–H and O–H groups in total. The van der Waals surface area contributed by atoms with Crippen molar-refractivity contribution in [3.05, 3.63) is 0 Å². The number of hydrogen-bond acceptors (Lipinski definition) is 0. The van der Waals surface area contributed by atoms with Crippen LogP contribution in [0.1, 0.15) is 79.1 Å². The Morgan fingerprint density at radius 1 is 1.13 bits per heavy atom. The van der Waals surface area contributed by atoms with E-state index in [0.29, 0.717) is 0 Å². The lowest BCUT2D eigenvalue weighted by Crippen LogP contribution is -2.33. The summed E-state index contributed by atoms with van der Waals surface area (Å²) in [6.45, 7) is 9.63. The summed E-state index contributed by atoms with van der Waals surface area (Å²) in [5.74, 6) is 1.94. The van der Waals surface area contributed by atoms with Gasteiger partial charge in [0.15, 0.2) is 0 Å². The van der Waals surface area contributed by atoms with Gasteiger partial charge in [0.05, 0.1) is 0 Å². The van der Waals surface area contributed by atoms with E-state index in [0.717, 1.165) is 17.3 Å². The summed E-state index contributed by atoms with van der Waals surface area (Å²) in [6.07, 6.45) is 11.6. The zero-order valence-corrected chi connectivity index (χ0v) is 11.3. The molecule has 0 nitrogen and oxygen atoms in total. The second-order valence-corrected chi connectivity index (χ2v) is 5.98. The van der Waals surface area contributed by atoms with Gasteiger partial charge in [0.1, 0.15) is 0 Å². The molecule has 1 aliphatic rings. The van der Waals surface area contributed by atoms with Crippen molar-refractivity contribution >= 4 is 0 Å². The zero-order valence-electron chi connectivity index (χ0n) is 11.3. The first-order valence-electron chi connectivity index (χ1n) is 7.14. The maximum absolute atomic E-state index is 2.51. The van der Waals surface area contributed by atoms with Crippen LogP contribution in [0.3, 0.4) is 0 Å². The topological polar surface area (TPSA) is 0 Å². The molecule has 1 unspecified atom stereocenters. The molecule has 0 aromatic heterocycles. The van der Waals surface area contributed by atoms with Gasteiger partial charge < -0.3 is 0 Å². The van der Waals surface area contributed by atoms with Crippen molar-refractivity contribution in [2.75, 3.05) is 0 Å². The lowest BCUT2D eigenvalue weighted by molar-refractivity contribution is 0.0684. The maximum atomic E-state index is 2.51. The third-order valence-electron chi connectivity index (χ3n) is 4.79. The first-order valence-corrected chi connectivity index (χ1v) is 7.14. The highest BCUT2D eigenvalue weighted by atomic mass is 14.4. The predicted octanol–water partition coefficient (Wildman–Crippen LogP) is 5.42. The van der Waals surface area contributed by atoms with Crippen LogP contribution in [-0.4, -0.2) is 0 Å². The third kappa shape index (κ3) is 3.23. The van der Waals surface area contributed by atoms with Crippen molar-refractivity contribution in [1.29, 1.82) is 0 Å². The summed E-state index contributed by atoms with van der Waals surface area (Å²) in [5, 5.41) is 0. The van der Waals surface area contributed by atoms with E-state index in [1.165, 1.54) is 51.4 Å². The van der Waals surface area contributed by atoms with Crippen molar-refractivity contribution in [2.45, 2.75) is 79.1 Å². The van der Waals surface area contributed by atoms with E-state index in [-0.39, 0.29) is 0 Å². The smallest absolute Gasteiger partial charge is 0.0272 e. The first-order chi connectivity index (χ1) is 7.14. The molecule has 0 heterocycles. The fourth-order valence-corrected chi connectivity index (χ4v) is 3.56. The molecule has 15 heavy (non-hydrogen) atoms. The van der Waals surface area contributed by atoms with Gasteiger partial charge in [-0.2, -0.15) is 0 Å². The van der Waals surface area contributed by atoms with Gasteiger partial charge in [0.2, 0.25) is 0 Å². The Bertz CT molecular complexity index is 163. The monoisotopic (exact) mass is 210 g/mol. The Balaban J connectivity index is 2.61. The van der Waals surface area contributed by atoms with Gasteiger partial charge in [-0.3, -0.25) is 0 Å². The summed E-state index contributed by atoms with van der Waals surface area (Å²) in [7, 11) is 0. The number of hydrogen-bond donors (Lipinski definition) is 0. The third-order valence-corrected chi connectivity index (χ3v) is 4.79. The molecule has 1 saturated carbocycles. The summed E-state index contributed by atoms with van der Waals surface area (Å²) in [6, 6.07) is 0. The molecule has 1 atom stereocenters. The second-order valence-electron chi connectivity index (χ2n) is 5.98. The van der Waals surface area contributed by atoms with Crippen molar-refractivity contribution in [1.82, 2.24) is 0 Å². The number of rotatable bonds is 5. The molecule has 0 bridgehead atoms. The Kier molecular flexibility index (Phi) is 5.15. The molecule has 1 aliphatic carbocycles. The lowest BCUT2D eigenvalue weighted by atomic mass is 9.61. The van der Waals surface area contributed by atoms with E-state index in [1.807, 2.05) is 0 Å². The van der Waals surface area contributed by atoms with E-state index < -0.39 is 0 Å². The molecule has 90 valence electrons. The van der Waals surface area contributed by atoms with Crippen LogP contribution in [0.2, 0.25) is 0 Å². The molecule has 0 radical (unpaired) electrons. The van der Waals surface area contributed by atoms with Gasteiger partial charge in [0, 0.05) is 0 Å². The van der Waals surface area contributed by atoms with Crippen LogP contribution in [-0.2, 0) is 0 Å². The van der Waals surface area contributed by atoms with E-state index in [9.17, 15) is 0 Å². The summed E-state index contributed by atoms with van der Waals surface area (Å²) in [4.78, 5) is 0. The van der Waals surface area contributed by atoms with Crippen molar-refractivity contribution in [3.63, 3.8) is 0 Å². The van der Waals surface area contributed by atoms with E-state index in [4.69, 9.17) is 0 Å². The first kappa shape index (κ1) is 13.1. The van der Waals surface area contributed by atoms with E-state index >= 15 is 0 Å². The highest BCUT2D eigenvalue weighted by molar-refractivity contribution is 4.88. The lowest BCUT2D eigenvalue weighted by Gasteiger charge is -2.44. The minimum atomic E-state index is 0.720. The molecule has 0 aliphatic heterocycles. The molecular formula is C15H30. The van der Waals surface area contributed by atoms with Crippen LogP contribution in [0.4, 0.5) is 0 Å². The van der Waals surface area contributed by atoms with Crippen LogP contribution in [0, 0.1) is 17.3 Å². The van der Waals surface area contributed by atoms with Gasteiger partial charge >= 0.3 is 0 Å². The van der Waals surface area contributed by atoms with Crippen LogP contribution in [0.5, 0.6) is 0 Å². The average Bonchev–Trinajstić information content (AvgIpc) is 2.22. The van der Waals surface area contributed by atoms with Crippen LogP contribution < -0.4 is 0 Å². The molecule has 0 heteroatoms. The fraction of sp³-hybridized carbons (Fsp3) is 1.00. The Morgan fingerprint density at radius 3 is 2.20 bits per heavy atom. The van der Waals surface area contributed by atoms with E-state index in [1.54, 1.807) is 0 Å². The van der Waals surface area contributed by atoms with Crippen molar-refractivity contribution in [2.24, 2.45) is 17.3 Å². The minimum Gasteiger partial charge on any atom is -0.0654 e. The average molecular weight is 210 g/mol. The predicted molar refractivity (Wildman–Crippen MR) is 69.0 cm³/mol.